The van der Waals surface area contributed by atoms with Gasteiger partial charge in [-0.2, -0.15) is 10.4 Å². The Bertz CT molecular complexity index is 804. The minimum atomic E-state index is 0.269. The average Bonchev–Trinajstić information content (AvgIpc) is 3.05. The number of aromatic amines is 1. The number of fused-ring (bicyclic) bond motifs is 1. The normalized spacial score (nSPS) is 15.2. The molecule has 4 heterocycles. The Kier molecular flexibility index (Phi) is 2.20. The van der Waals surface area contributed by atoms with Crippen LogP contribution in [0.2, 0.25) is 0 Å². The van der Waals surface area contributed by atoms with Crippen LogP contribution in [0.3, 0.4) is 0 Å². The molecular weight excluding hydrogens is 256 g/mol. The summed E-state index contributed by atoms with van der Waals surface area (Å²) in [6, 6.07) is 2.35. The van der Waals surface area contributed by atoms with Crippen LogP contribution in [0.1, 0.15) is 11.6 Å². The molecule has 1 aliphatic heterocycles. The lowest BCUT2D eigenvalue weighted by atomic mass is 10.1. The number of imidazole rings is 1. The predicted octanol–water partition coefficient (Wildman–Crippen LogP) is 0.482. The summed E-state index contributed by atoms with van der Waals surface area (Å²) in [5.41, 5.74) is 2.11. The van der Waals surface area contributed by atoms with E-state index in [9.17, 15) is 0 Å². The van der Waals surface area contributed by atoms with E-state index in [4.69, 9.17) is 5.26 Å². The second-order valence-corrected chi connectivity index (χ2v) is 4.68. The molecule has 1 N–H and O–H groups in total. The number of H-pyrrole nitrogens is 1. The van der Waals surface area contributed by atoms with Gasteiger partial charge in [-0.05, 0) is 0 Å². The highest BCUT2D eigenvalue weighted by Gasteiger charge is 2.31. The molecule has 1 saturated heterocycles. The van der Waals surface area contributed by atoms with Crippen LogP contribution in [0.15, 0.2) is 25.0 Å². The van der Waals surface area contributed by atoms with Gasteiger partial charge in [-0.15, -0.1) is 0 Å². The van der Waals surface area contributed by atoms with Crippen LogP contribution >= 0.6 is 0 Å². The summed E-state index contributed by atoms with van der Waals surface area (Å²) in [6.07, 6.45) is 6.49. The molecule has 0 amide bonds. The summed E-state index contributed by atoms with van der Waals surface area (Å²) in [5.74, 6) is 0.858. The first kappa shape index (κ1) is 10.9. The van der Waals surface area contributed by atoms with Crippen molar-refractivity contribution in [2.45, 2.75) is 6.04 Å². The number of hydrogen-bond acceptors (Lipinski definition) is 6. The zero-order valence-electron chi connectivity index (χ0n) is 10.4. The highest BCUT2D eigenvalue weighted by Crippen LogP contribution is 2.29. The third-order valence-electron chi connectivity index (χ3n) is 3.47. The number of nitrogens with zero attached hydrogens (tertiary/aromatic N) is 7. The average molecular weight is 266 g/mol. The van der Waals surface area contributed by atoms with E-state index in [0.29, 0.717) is 11.2 Å². The number of anilines is 1. The van der Waals surface area contributed by atoms with Crippen molar-refractivity contribution in [2.75, 3.05) is 18.0 Å². The van der Waals surface area contributed by atoms with Crippen molar-refractivity contribution in [3.05, 3.63) is 30.6 Å². The lowest BCUT2D eigenvalue weighted by molar-refractivity contribution is 0.366. The van der Waals surface area contributed by atoms with Gasteiger partial charge in [-0.3, -0.25) is 4.68 Å². The third-order valence-corrected chi connectivity index (χ3v) is 3.47. The summed E-state index contributed by atoms with van der Waals surface area (Å²) in [5, 5.41) is 13.0. The fourth-order valence-electron chi connectivity index (χ4n) is 2.38. The van der Waals surface area contributed by atoms with Gasteiger partial charge in [0, 0.05) is 19.3 Å². The molecule has 3 aromatic rings. The second-order valence-electron chi connectivity index (χ2n) is 4.68. The van der Waals surface area contributed by atoms with E-state index in [1.54, 1.807) is 18.7 Å². The molecule has 3 aromatic heterocycles. The van der Waals surface area contributed by atoms with Gasteiger partial charge in [0.15, 0.2) is 11.5 Å². The molecule has 4 rings (SSSR count). The molecule has 0 atom stereocenters. The lowest BCUT2D eigenvalue weighted by Crippen LogP contribution is -2.48. The maximum Gasteiger partial charge on any atom is 0.182 e. The summed E-state index contributed by atoms with van der Waals surface area (Å²) in [4.78, 5) is 17.7. The van der Waals surface area contributed by atoms with Crippen LogP contribution < -0.4 is 4.90 Å². The molecule has 0 aliphatic carbocycles. The van der Waals surface area contributed by atoms with Crippen molar-refractivity contribution in [2.24, 2.45) is 0 Å². The Morgan fingerprint density at radius 1 is 1.30 bits per heavy atom. The van der Waals surface area contributed by atoms with E-state index in [1.165, 1.54) is 6.33 Å². The van der Waals surface area contributed by atoms with E-state index in [-0.39, 0.29) is 6.04 Å². The summed E-state index contributed by atoms with van der Waals surface area (Å²) < 4.78 is 1.83. The first-order valence-corrected chi connectivity index (χ1v) is 6.18. The van der Waals surface area contributed by atoms with E-state index >= 15 is 0 Å². The van der Waals surface area contributed by atoms with Gasteiger partial charge in [-0.1, -0.05) is 0 Å². The van der Waals surface area contributed by atoms with Gasteiger partial charge >= 0.3 is 0 Å². The molecule has 98 valence electrons. The van der Waals surface area contributed by atoms with Crippen LogP contribution in [-0.4, -0.2) is 42.8 Å². The molecule has 0 bridgehead atoms. The van der Waals surface area contributed by atoms with Gasteiger partial charge < -0.3 is 9.88 Å². The number of aromatic nitrogens is 6. The Labute approximate surface area is 113 Å². The number of nitriles is 1. The first-order valence-electron chi connectivity index (χ1n) is 6.18. The summed E-state index contributed by atoms with van der Waals surface area (Å²) in [6.45, 7) is 1.61. The standard InChI is InChI=1S/C12H10N8/c13-1-8-2-18-20(3-8)9-4-19(5-9)12-10-11(15-6-14-10)16-7-17-12/h2-3,6-7,9H,4-5H2,(H,14,15,16,17). The monoisotopic (exact) mass is 266 g/mol. The lowest BCUT2D eigenvalue weighted by Gasteiger charge is -2.39. The van der Waals surface area contributed by atoms with Gasteiger partial charge in [-0.25, -0.2) is 15.0 Å². The van der Waals surface area contributed by atoms with Gasteiger partial charge in [0.05, 0.1) is 24.1 Å². The summed E-state index contributed by atoms with van der Waals surface area (Å²) in [7, 11) is 0. The van der Waals surface area contributed by atoms with Crippen molar-refractivity contribution in [3.63, 3.8) is 0 Å². The van der Waals surface area contributed by atoms with E-state index in [0.717, 1.165) is 24.4 Å². The Morgan fingerprint density at radius 3 is 3.00 bits per heavy atom. The largest absolute Gasteiger partial charge is 0.350 e. The molecule has 1 fully saturated rings. The van der Waals surface area contributed by atoms with Crippen LogP contribution in [0.5, 0.6) is 0 Å². The van der Waals surface area contributed by atoms with Crippen LogP contribution in [0, 0.1) is 11.3 Å². The van der Waals surface area contributed by atoms with Crippen molar-refractivity contribution in [1.29, 1.82) is 5.26 Å². The van der Waals surface area contributed by atoms with Crippen LogP contribution in [0.4, 0.5) is 5.82 Å². The Morgan fingerprint density at radius 2 is 2.20 bits per heavy atom. The van der Waals surface area contributed by atoms with Crippen molar-refractivity contribution >= 4 is 17.0 Å². The summed E-state index contributed by atoms with van der Waals surface area (Å²) >= 11 is 0. The quantitative estimate of drug-likeness (QED) is 0.724. The van der Waals surface area contributed by atoms with E-state index < -0.39 is 0 Å². The molecular formula is C12H10N8. The minimum Gasteiger partial charge on any atom is -0.350 e. The predicted molar refractivity (Wildman–Crippen MR) is 69.9 cm³/mol. The topological polar surface area (TPSA) is 99.3 Å². The van der Waals surface area contributed by atoms with Crippen LogP contribution in [-0.2, 0) is 0 Å². The SMILES string of the molecule is N#Cc1cnn(C2CN(c3ncnc4nc[nH]c34)C2)c1. The van der Waals surface area contributed by atoms with Crippen molar-refractivity contribution in [3.8, 4) is 6.07 Å². The molecule has 0 radical (unpaired) electrons. The minimum absolute atomic E-state index is 0.269. The maximum atomic E-state index is 8.81. The van der Waals surface area contributed by atoms with Gasteiger partial charge in [0.25, 0.3) is 0 Å². The van der Waals surface area contributed by atoms with Crippen molar-refractivity contribution in [1.82, 2.24) is 29.7 Å². The molecule has 1 aliphatic rings. The molecule has 0 aromatic carbocycles. The molecule has 0 unspecified atom stereocenters. The van der Waals surface area contributed by atoms with E-state index in [1.807, 2.05) is 4.68 Å². The van der Waals surface area contributed by atoms with Crippen LogP contribution in [0.25, 0.3) is 11.2 Å². The zero-order chi connectivity index (χ0) is 13.5. The van der Waals surface area contributed by atoms with Gasteiger partial charge in [0.2, 0.25) is 0 Å². The fraction of sp³-hybridized carbons (Fsp3) is 0.250. The Hall–Kier alpha value is -2.95. The maximum absolute atomic E-state index is 8.81. The third kappa shape index (κ3) is 1.53. The van der Waals surface area contributed by atoms with Crippen molar-refractivity contribution < 1.29 is 0 Å². The number of rotatable bonds is 2. The molecule has 0 saturated carbocycles. The molecule has 0 spiro atoms. The first-order chi connectivity index (χ1) is 9.85. The fourth-order valence-corrected chi connectivity index (χ4v) is 2.38. The highest BCUT2D eigenvalue weighted by atomic mass is 15.4. The number of nitrogens with one attached hydrogen (secondary N) is 1. The zero-order valence-corrected chi connectivity index (χ0v) is 10.4. The molecule has 20 heavy (non-hydrogen) atoms. The smallest absolute Gasteiger partial charge is 0.182 e. The molecule has 8 heteroatoms. The number of hydrogen-bond donors (Lipinski definition) is 1. The van der Waals surface area contributed by atoms with E-state index in [2.05, 4.69) is 36.0 Å². The highest BCUT2D eigenvalue weighted by molar-refractivity contribution is 5.83. The van der Waals surface area contributed by atoms with Gasteiger partial charge in [0.1, 0.15) is 17.9 Å². The Balaban J connectivity index is 1.56. The molecule has 8 nitrogen and oxygen atoms in total. The second kappa shape index (κ2) is 4.03.